The van der Waals surface area contributed by atoms with E-state index in [0.717, 1.165) is 61.6 Å². The van der Waals surface area contributed by atoms with Gasteiger partial charge in [0.1, 0.15) is 11.4 Å². The molecule has 0 unspecified atom stereocenters. The molecule has 2 aromatic rings. The third-order valence-corrected chi connectivity index (χ3v) is 6.30. The van der Waals surface area contributed by atoms with Crippen molar-refractivity contribution in [3.05, 3.63) is 71.8 Å². The van der Waals surface area contributed by atoms with Gasteiger partial charge in [-0.25, -0.2) is 0 Å². The van der Waals surface area contributed by atoms with E-state index < -0.39 is 11.7 Å². The SMILES string of the molecule is C\C=C(/C=N/C(=C/CC)COC)N1CCC(N(c2ccc(C(F)(F)F)cc2)c2cnccc2OC)CC1. The number of halogens is 3. The lowest BCUT2D eigenvalue weighted by molar-refractivity contribution is -0.137. The standard InChI is InChI=1S/C28H35F3N4O2/c1-5-7-22(20-36-3)33-18-23(6-2)34-16-13-25(14-17-34)35(26-19-32-15-12-27(26)37-4)24-10-8-21(9-11-24)28(29,30)31/h6-12,15,18-19,25H,5,13-14,16-17,20H2,1-4H3/b22-7+,23-6+,33-18+. The maximum Gasteiger partial charge on any atom is 0.416 e. The summed E-state index contributed by atoms with van der Waals surface area (Å²) in [6.45, 7) is 6.05. The highest BCUT2D eigenvalue weighted by Gasteiger charge is 2.32. The molecular weight excluding hydrogens is 481 g/mol. The van der Waals surface area contributed by atoms with Gasteiger partial charge in [-0.15, -0.1) is 0 Å². The van der Waals surface area contributed by atoms with Gasteiger partial charge in [-0.1, -0.05) is 19.1 Å². The van der Waals surface area contributed by atoms with Crippen LogP contribution in [-0.4, -0.2) is 56.1 Å². The number of allylic oxidation sites excluding steroid dienone is 3. The van der Waals surface area contributed by atoms with E-state index in [0.29, 0.717) is 18.0 Å². The fourth-order valence-electron chi connectivity index (χ4n) is 4.49. The summed E-state index contributed by atoms with van der Waals surface area (Å²) in [5.74, 6) is 0.618. The first-order valence-electron chi connectivity index (χ1n) is 12.4. The van der Waals surface area contributed by atoms with E-state index in [4.69, 9.17) is 9.47 Å². The van der Waals surface area contributed by atoms with Crippen LogP contribution in [0.1, 0.15) is 38.7 Å². The zero-order chi connectivity index (χ0) is 26.8. The monoisotopic (exact) mass is 516 g/mol. The molecule has 1 saturated heterocycles. The molecule has 0 radical (unpaired) electrons. The highest BCUT2D eigenvalue weighted by Crippen LogP contribution is 2.39. The molecule has 1 aromatic carbocycles. The first-order valence-corrected chi connectivity index (χ1v) is 12.4. The van der Waals surface area contributed by atoms with Crippen LogP contribution in [0.5, 0.6) is 5.75 Å². The molecular formula is C28H35F3N4O2. The Morgan fingerprint density at radius 3 is 2.43 bits per heavy atom. The summed E-state index contributed by atoms with van der Waals surface area (Å²) in [7, 11) is 3.23. The Morgan fingerprint density at radius 2 is 1.86 bits per heavy atom. The number of hydrogen-bond acceptors (Lipinski definition) is 6. The van der Waals surface area contributed by atoms with Crippen LogP contribution in [0.25, 0.3) is 0 Å². The first kappa shape index (κ1) is 28.2. The van der Waals surface area contributed by atoms with Crippen molar-refractivity contribution in [1.29, 1.82) is 0 Å². The predicted molar refractivity (Wildman–Crippen MR) is 141 cm³/mol. The topological polar surface area (TPSA) is 50.2 Å². The molecule has 0 N–H and O–H groups in total. The molecule has 0 saturated carbocycles. The second-order valence-electron chi connectivity index (χ2n) is 8.69. The Morgan fingerprint density at radius 1 is 1.16 bits per heavy atom. The van der Waals surface area contributed by atoms with Crippen LogP contribution in [-0.2, 0) is 10.9 Å². The highest BCUT2D eigenvalue weighted by molar-refractivity contribution is 5.78. The lowest BCUT2D eigenvalue weighted by Crippen LogP contribution is -2.43. The molecule has 1 aliphatic rings. The molecule has 2 heterocycles. The molecule has 0 aliphatic carbocycles. The van der Waals surface area contributed by atoms with Crippen LogP contribution in [0.4, 0.5) is 24.5 Å². The molecule has 6 nitrogen and oxygen atoms in total. The Bertz CT molecular complexity index is 1090. The van der Waals surface area contributed by atoms with Gasteiger partial charge < -0.3 is 19.3 Å². The summed E-state index contributed by atoms with van der Waals surface area (Å²) in [5, 5.41) is 0. The van der Waals surface area contributed by atoms with Crippen molar-refractivity contribution in [2.75, 3.05) is 38.8 Å². The lowest BCUT2D eigenvalue weighted by Gasteiger charge is -2.41. The summed E-state index contributed by atoms with van der Waals surface area (Å²) in [4.78, 5) is 13.2. The van der Waals surface area contributed by atoms with Crippen LogP contribution in [0.15, 0.2) is 71.3 Å². The molecule has 37 heavy (non-hydrogen) atoms. The minimum absolute atomic E-state index is 0.0465. The van der Waals surface area contributed by atoms with Crippen LogP contribution in [0, 0.1) is 0 Å². The lowest BCUT2D eigenvalue weighted by atomic mass is 10.00. The van der Waals surface area contributed by atoms with Gasteiger partial charge in [0, 0.05) is 44.2 Å². The minimum Gasteiger partial charge on any atom is -0.494 e. The molecule has 1 aromatic heterocycles. The molecule has 9 heteroatoms. The number of nitrogens with zero attached hydrogens (tertiary/aromatic N) is 4. The van der Waals surface area contributed by atoms with E-state index in [1.165, 1.54) is 12.1 Å². The summed E-state index contributed by atoms with van der Waals surface area (Å²) < 4.78 is 50.4. The average Bonchev–Trinajstić information content (AvgIpc) is 2.90. The summed E-state index contributed by atoms with van der Waals surface area (Å²) in [5.41, 5.74) is 2.63. The number of likely N-dealkylation sites (tertiary alicyclic amines) is 1. The average molecular weight is 517 g/mol. The molecule has 1 fully saturated rings. The van der Waals surface area contributed by atoms with Gasteiger partial charge in [-0.3, -0.25) is 9.98 Å². The van der Waals surface area contributed by atoms with Crippen molar-refractivity contribution in [2.45, 2.75) is 45.3 Å². The van der Waals surface area contributed by atoms with Gasteiger partial charge >= 0.3 is 6.18 Å². The number of aromatic nitrogens is 1. The summed E-state index contributed by atoms with van der Waals surface area (Å²) >= 11 is 0. The van der Waals surface area contributed by atoms with Crippen molar-refractivity contribution >= 4 is 17.6 Å². The number of hydrogen-bond donors (Lipinski definition) is 0. The van der Waals surface area contributed by atoms with Gasteiger partial charge in [0.2, 0.25) is 0 Å². The normalized spacial score (nSPS) is 15.9. The number of pyridine rings is 1. The largest absolute Gasteiger partial charge is 0.494 e. The van der Waals surface area contributed by atoms with Crippen molar-refractivity contribution in [2.24, 2.45) is 4.99 Å². The molecule has 0 spiro atoms. The molecule has 0 bridgehead atoms. The third kappa shape index (κ3) is 7.35. The van der Waals surface area contributed by atoms with Gasteiger partial charge in [0.05, 0.1) is 43.1 Å². The summed E-state index contributed by atoms with van der Waals surface area (Å²) in [6, 6.07) is 7.08. The smallest absolute Gasteiger partial charge is 0.416 e. The van der Waals surface area contributed by atoms with E-state index in [1.807, 2.05) is 30.2 Å². The van der Waals surface area contributed by atoms with Crippen molar-refractivity contribution < 1.29 is 22.6 Å². The zero-order valence-electron chi connectivity index (χ0n) is 21.8. The number of alkyl halides is 3. The Labute approximate surface area is 217 Å². The van der Waals surface area contributed by atoms with Gasteiger partial charge in [0.25, 0.3) is 0 Å². The molecule has 3 rings (SSSR count). The van der Waals surface area contributed by atoms with Crippen LogP contribution >= 0.6 is 0 Å². The number of aliphatic imine (C=N–C) groups is 1. The van der Waals surface area contributed by atoms with Gasteiger partial charge in [-0.2, -0.15) is 13.2 Å². The van der Waals surface area contributed by atoms with Gasteiger partial charge in [0.15, 0.2) is 0 Å². The predicted octanol–water partition coefficient (Wildman–Crippen LogP) is 6.63. The second kappa shape index (κ2) is 13.3. The Kier molecular flexibility index (Phi) is 10.1. The van der Waals surface area contributed by atoms with E-state index in [9.17, 15) is 13.2 Å². The van der Waals surface area contributed by atoms with Crippen molar-refractivity contribution in [3.63, 3.8) is 0 Å². The number of methoxy groups -OCH3 is 2. The van der Waals surface area contributed by atoms with Crippen LogP contribution < -0.4 is 9.64 Å². The third-order valence-electron chi connectivity index (χ3n) is 6.30. The molecule has 200 valence electrons. The maximum absolute atomic E-state index is 13.2. The number of ether oxygens (including phenoxy) is 2. The highest BCUT2D eigenvalue weighted by atomic mass is 19.4. The van der Waals surface area contributed by atoms with E-state index >= 15 is 0 Å². The second-order valence-corrected chi connectivity index (χ2v) is 8.69. The fourth-order valence-corrected chi connectivity index (χ4v) is 4.49. The maximum atomic E-state index is 13.2. The summed E-state index contributed by atoms with van der Waals surface area (Å²) in [6.07, 6.45) is 7.37. The van der Waals surface area contributed by atoms with Gasteiger partial charge in [-0.05, 0) is 50.5 Å². The van der Waals surface area contributed by atoms with E-state index in [2.05, 4.69) is 21.8 Å². The van der Waals surface area contributed by atoms with Crippen LogP contribution in [0.2, 0.25) is 0 Å². The molecule has 0 amide bonds. The Balaban J connectivity index is 1.83. The zero-order valence-corrected chi connectivity index (χ0v) is 21.8. The Hall–Kier alpha value is -3.33. The molecule has 1 aliphatic heterocycles. The van der Waals surface area contributed by atoms with Crippen molar-refractivity contribution in [1.82, 2.24) is 9.88 Å². The number of rotatable bonds is 10. The molecule has 0 atom stereocenters. The number of piperidine rings is 1. The van der Waals surface area contributed by atoms with E-state index in [-0.39, 0.29) is 6.04 Å². The minimum atomic E-state index is -4.39. The van der Waals surface area contributed by atoms with Crippen molar-refractivity contribution in [3.8, 4) is 5.75 Å². The van der Waals surface area contributed by atoms with Crippen LogP contribution in [0.3, 0.4) is 0 Å². The number of anilines is 2. The number of benzene rings is 1. The van der Waals surface area contributed by atoms with E-state index in [1.54, 1.807) is 32.7 Å². The first-order chi connectivity index (χ1) is 17.8. The quantitative estimate of drug-likeness (QED) is 0.332. The fraction of sp³-hybridized carbons (Fsp3) is 0.429.